The van der Waals surface area contributed by atoms with Crippen LogP contribution >= 0.6 is 15.9 Å². The molecule has 0 radical (unpaired) electrons. The van der Waals surface area contributed by atoms with E-state index in [1.807, 2.05) is 38.3 Å². The fourth-order valence-corrected chi connectivity index (χ4v) is 2.05. The number of aliphatic imine (C=N–C) groups is 1. The van der Waals surface area contributed by atoms with Crippen molar-refractivity contribution >= 4 is 33.7 Å². The Labute approximate surface area is 120 Å². The van der Waals surface area contributed by atoms with Crippen LogP contribution in [0.4, 0.5) is 5.82 Å². The fourth-order valence-electron chi connectivity index (χ4n) is 1.69. The molecule has 1 aromatic carbocycles. The number of para-hydroxylation sites is 1. The van der Waals surface area contributed by atoms with Crippen LogP contribution in [0.15, 0.2) is 46.0 Å². The van der Waals surface area contributed by atoms with Crippen molar-refractivity contribution in [1.82, 2.24) is 9.78 Å². The number of allylic oxidation sites excluding steroid dienone is 1. The van der Waals surface area contributed by atoms with E-state index >= 15 is 0 Å². The van der Waals surface area contributed by atoms with E-state index in [4.69, 9.17) is 0 Å². The van der Waals surface area contributed by atoms with Gasteiger partial charge in [-0.2, -0.15) is 5.10 Å². The Morgan fingerprint density at radius 3 is 2.84 bits per heavy atom. The highest BCUT2D eigenvalue weighted by Gasteiger charge is 2.08. The number of hydrogen-bond acceptors (Lipinski definition) is 3. The summed E-state index contributed by atoms with van der Waals surface area (Å²) < 4.78 is 2.48. The Morgan fingerprint density at radius 1 is 1.42 bits per heavy atom. The van der Waals surface area contributed by atoms with E-state index in [-0.39, 0.29) is 5.75 Å². The summed E-state index contributed by atoms with van der Waals surface area (Å²) in [6.07, 6.45) is 5.40. The van der Waals surface area contributed by atoms with Crippen LogP contribution < -0.4 is 0 Å². The van der Waals surface area contributed by atoms with Crippen molar-refractivity contribution in [2.45, 2.75) is 13.8 Å². The first-order valence-electron chi connectivity index (χ1n) is 5.83. The molecule has 0 fully saturated rings. The van der Waals surface area contributed by atoms with Gasteiger partial charge in [-0.25, -0.2) is 9.67 Å². The van der Waals surface area contributed by atoms with E-state index in [2.05, 4.69) is 26.0 Å². The number of halogens is 1. The maximum Gasteiger partial charge on any atom is 0.169 e. The van der Waals surface area contributed by atoms with Gasteiger partial charge in [0.2, 0.25) is 0 Å². The van der Waals surface area contributed by atoms with Gasteiger partial charge in [-0.1, -0.05) is 18.2 Å². The predicted octanol–water partition coefficient (Wildman–Crippen LogP) is 3.98. The Kier molecular flexibility index (Phi) is 4.16. The maximum atomic E-state index is 9.82. The number of aromatic hydroxyl groups is 1. The van der Waals surface area contributed by atoms with Crippen molar-refractivity contribution in [3.8, 4) is 5.75 Å². The van der Waals surface area contributed by atoms with E-state index in [1.54, 1.807) is 23.0 Å². The first-order chi connectivity index (χ1) is 9.13. The third kappa shape index (κ3) is 2.93. The summed E-state index contributed by atoms with van der Waals surface area (Å²) in [5.74, 6) is 0.913. The average Bonchev–Trinajstić information content (AvgIpc) is 2.72. The lowest BCUT2D eigenvalue weighted by molar-refractivity contribution is 0.474. The molecule has 0 spiro atoms. The number of phenolic OH excluding ortho intramolecular Hbond substituents is 1. The minimum absolute atomic E-state index is 0.219. The number of phenols is 1. The van der Waals surface area contributed by atoms with Gasteiger partial charge >= 0.3 is 0 Å². The molecule has 0 amide bonds. The zero-order valence-electron chi connectivity index (χ0n) is 10.7. The second kappa shape index (κ2) is 5.84. The standard InChI is InChI=1S/C14H14BrN3O/c1-3-8-18-14(12(15)9-16-18)17-10(2)11-6-4-5-7-13(11)19/h3-9,19H,1-2H3/b8-3-,17-10+. The lowest BCUT2D eigenvalue weighted by Gasteiger charge is -2.04. The molecule has 0 unspecified atom stereocenters. The van der Waals surface area contributed by atoms with Gasteiger partial charge in [-0.05, 0) is 41.9 Å². The van der Waals surface area contributed by atoms with Crippen LogP contribution in [0, 0.1) is 0 Å². The number of rotatable bonds is 3. The van der Waals surface area contributed by atoms with Crippen LogP contribution in [0.5, 0.6) is 5.75 Å². The highest BCUT2D eigenvalue weighted by atomic mass is 79.9. The summed E-state index contributed by atoms with van der Waals surface area (Å²) in [7, 11) is 0. The van der Waals surface area contributed by atoms with Gasteiger partial charge in [0.05, 0.1) is 16.4 Å². The van der Waals surface area contributed by atoms with Crippen molar-refractivity contribution in [2.24, 2.45) is 4.99 Å². The first kappa shape index (κ1) is 13.5. The summed E-state index contributed by atoms with van der Waals surface area (Å²) >= 11 is 3.42. The molecule has 0 aliphatic carbocycles. The molecule has 0 aliphatic heterocycles. The Morgan fingerprint density at radius 2 is 2.16 bits per heavy atom. The molecule has 5 heteroatoms. The van der Waals surface area contributed by atoms with Gasteiger partial charge in [0, 0.05) is 11.8 Å². The largest absolute Gasteiger partial charge is 0.507 e. The molecule has 2 aromatic rings. The second-order valence-corrected chi connectivity index (χ2v) is 4.81. The molecule has 1 aromatic heterocycles. The number of hydrogen-bond donors (Lipinski definition) is 1. The third-order valence-corrected chi connectivity index (χ3v) is 3.14. The Bertz CT molecular complexity index is 644. The minimum atomic E-state index is 0.219. The van der Waals surface area contributed by atoms with Gasteiger partial charge in [0.15, 0.2) is 5.82 Å². The summed E-state index contributed by atoms with van der Waals surface area (Å²) in [4.78, 5) is 4.53. The molecule has 98 valence electrons. The van der Waals surface area contributed by atoms with Crippen molar-refractivity contribution in [3.63, 3.8) is 0 Å². The van der Waals surface area contributed by atoms with Crippen molar-refractivity contribution < 1.29 is 5.11 Å². The van der Waals surface area contributed by atoms with E-state index in [1.165, 1.54) is 0 Å². The van der Waals surface area contributed by atoms with E-state index in [9.17, 15) is 5.11 Å². The van der Waals surface area contributed by atoms with Crippen LogP contribution in [0.2, 0.25) is 0 Å². The smallest absolute Gasteiger partial charge is 0.169 e. The lowest BCUT2D eigenvalue weighted by atomic mass is 10.1. The summed E-state index contributed by atoms with van der Waals surface area (Å²) in [6.45, 7) is 3.77. The molecule has 0 atom stereocenters. The monoisotopic (exact) mass is 319 g/mol. The zero-order chi connectivity index (χ0) is 13.8. The van der Waals surface area contributed by atoms with E-state index < -0.39 is 0 Å². The molecule has 0 aliphatic rings. The molecular formula is C14H14BrN3O. The van der Waals surface area contributed by atoms with E-state index in [0.29, 0.717) is 11.4 Å². The lowest BCUT2D eigenvalue weighted by Crippen LogP contribution is -1.96. The molecule has 19 heavy (non-hydrogen) atoms. The maximum absolute atomic E-state index is 9.82. The average molecular weight is 320 g/mol. The number of nitrogens with zero attached hydrogens (tertiary/aromatic N) is 3. The summed E-state index contributed by atoms with van der Waals surface area (Å²) in [6, 6.07) is 7.13. The van der Waals surface area contributed by atoms with Crippen LogP contribution in [0.1, 0.15) is 19.4 Å². The molecule has 0 saturated carbocycles. The Hall–Kier alpha value is -1.88. The van der Waals surface area contributed by atoms with Gasteiger partial charge in [0.25, 0.3) is 0 Å². The molecule has 0 bridgehead atoms. The van der Waals surface area contributed by atoms with Gasteiger partial charge < -0.3 is 5.11 Å². The second-order valence-electron chi connectivity index (χ2n) is 3.96. The normalized spacial score (nSPS) is 12.3. The Balaban J connectivity index is 2.47. The summed E-state index contributed by atoms with van der Waals surface area (Å²) in [5.41, 5.74) is 1.44. The predicted molar refractivity (Wildman–Crippen MR) is 80.9 cm³/mol. The molecule has 1 heterocycles. The van der Waals surface area contributed by atoms with E-state index in [0.717, 1.165) is 10.2 Å². The SMILES string of the molecule is C/C=C\n1ncc(Br)c1/N=C(\C)c1ccccc1O. The molecule has 1 N–H and O–H groups in total. The highest BCUT2D eigenvalue weighted by Crippen LogP contribution is 2.27. The zero-order valence-corrected chi connectivity index (χ0v) is 12.3. The number of benzene rings is 1. The van der Waals surface area contributed by atoms with Gasteiger partial charge in [-0.3, -0.25) is 0 Å². The number of aromatic nitrogens is 2. The van der Waals surface area contributed by atoms with Crippen LogP contribution in [0.3, 0.4) is 0 Å². The summed E-state index contributed by atoms with van der Waals surface area (Å²) in [5, 5.41) is 14.0. The third-order valence-electron chi connectivity index (χ3n) is 2.58. The van der Waals surface area contributed by atoms with Crippen molar-refractivity contribution in [1.29, 1.82) is 0 Å². The van der Waals surface area contributed by atoms with Crippen molar-refractivity contribution in [3.05, 3.63) is 46.6 Å². The fraction of sp³-hybridized carbons (Fsp3) is 0.143. The minimum Gasteiger partial charge on any atom is -0.507 e. The van der Waals surface area contributed by atoms with Gasteiger partial charge in [0.1, 0.15) is 5.75 Å². The first-order valence-corrected chi connectivity index (χ1v) is 6.62. The van der Waals surface area contributed by atoms with Crippen LogP contribution in [-0.4, -0.2) is 20.6 Å². The molecule has 0 saturated heterocycles. The van der Waals surface area contributed by atoms with Crippen LogP contribution in [0.25, 0.3) is 6.20 Å². The van der Waals surface area contributed by atoms with Gasteiger partial charge in [-0.15, -0.1) is 0 Å². The topological polar surface area (TPSA) is 50.4 Å². The molecular weight excluding hydrogens is 306 g/mol. The van der Waals surface area contributed by atoms with Crippen LogP contribution in [-0.2, 0) is 0 Å². The van der Waals surface area contributed by atoms with Crippen molar-refractivity contribution in [2.75, 3.05) is 0 Å². The quantitative estimate of drug-likeness (QED) is 0.870. The molecule has 2 rings (SSSR count). The molecule has 4 nitrogen and oxygen atoms in total. The highest BCUT2D eigenvalue weighted by molar-refractivity contribution is 9.10.